The number of nitrogens with one attached hydrogen (secondary N) is 1. The van der Waals surface area contributed by atoms with Gasteiger partial charge in [-0.25, -0.2) is 4.68 Å². The SMILES string of the molecule is O=C(Cn1c2ccccc2c(=O)c2ccccc21)Nc1ccccc1-n1cc(Br)cn1. The van der Waals surface area contributed by atoms with Crippen LogP contribution in [-0.4, -0.2) is 20.3 Å². The van der Waals surface area contributed by atoms with Crippen LogP contribution in [0, 0.1) is 0 Å². The summed E-state index contributed by atoms with van der Waals surface area (Å²) in [4.78, 5) is 26.0. The number of carbonyl (C=O) groups is 1. The minimum absolute atomic E-state index is 0.0301. The van der Waals surface area contributed by atoms with Gasteiger partial charge in [-0.15, -0.1) is 0 Å². The third-order valence-electron chi connectivity index (χ3n) is 5.16. The van der Waals surface area contributed by atoms with E-state index < -0.39 is 0 Å². The van der Waals surface area contributed by atoms with Crippen molar-refractivity contribution < 1.29 is 4.79 Å². The minimum atomic E-state index is -0.197. The van der Waals surface area contributed by atoms with Crippen molar-refractivity contribution in [2.24, 2.45) is 0 Å². The number of para-hydroxylation sites is 4. The molecule has 0 fully saturated rings. The normalized spacial score (nSPS) is 11.1. The van der Waals surface area contributed by atoms with Gasteiger partial charge in [0.15, 0.2) is 5.43 Å². The molecule has 0 aliphatic carbocycles. The van der Waals surface area contributed by atoms with Gasteiger partial charge in [0.05, 0.1) is 33.1 Å². The highest BCUT2D eigenvalue weighted by Crippen LogP contribution is 2.22. The average Bonchev–Trinajstić information content (AvgIpc) is 3.23. The minimum Gasteiger partial charge on any atom is -0.331 e. The van der Waals surface area contributed by atoms with E-state index in [0.717, 1.165) is 21.2 Å². The fourth-order valence-corrected chi connectivity index (χ4v) is 4.08. The molecular weight excluding hydrogens is 456 g/mol. The van der Waals surface area contributed by atoms with Crippen molar-refractivity contribution >= 4 is 49.3 Å². The van der Waals surface area contributed by atoms with Crippen molar-refractivity contribution in [3.8, 4) is 5.69 Å². The highest BCUT2D eigenvalue weighted by molar-refractivity contribution is 9.10. The molecule has 3 aromatic carbocycles. The summed E-state index contributed by atoms with van der Waals surface area (Å²) in [5.41, 5.74) is 2.84. The number of nitrogens with zero attached hydrogens (tertiary/aromatic N) is 3. The van der Waals surface area contributed by atoms with E-state index in [9.17, 15) is 9.59 Å². The number of fused-ring (bicyclic) bond motifs is 2. The molecule has 0 saturated heterocycles. The molecule has 6 nitrogen and oxygen atoms in total. The lowest BCUT2D eigenvalue weighted by Gasteiger charge is -2.16. The molecule has 1 amide bonds. The van der Waals surface area contributed by atoms with E-state index in [0.29, 0.717) is 16.5 Å². The molecule has 152 valence electrons. The Labute approximate surface area is 185 Å². The van der Waals surface area contributed by atoms with Gasteiger partial charge >= 0.3 is 0 Å². The molecule has 0 aliphatic rings. The zero-order valence-corrected chi connectivity index (χ0v) is 17.9. The van der Waals surface area contributed by atoms with Gasteiger partial charge in [0.2, 0.25) is 5.91 Å². The predicted molar refractivity (Wildman–Crippen MR) is 126 cm³/mol. The molecule has 0 bridgehead atoms. The third-order valence-corrected chi connectivity index (χ3v) is 5.57. The van der Waals surface area contributed by atoms with Crippen molar-refractivity contribution in [1.29, 1.82) is 0 Å². The quantitative estimate of drug-likeness (QED) is 0.384. The molecule has 7 heteroatoms. The number of benzene rings is 3. The number of anilines is 1. The fourth-order valence-electron chi connectivity index (χ4n) is 3.79. The predicted octanol–water partition coefficient (Wildman–Crippen LogP) is 4.74. The van der Waals surface area contributed by atoms with Gasteiger partial charge in [0, 0.05) is 17.0 Å². The maximum absolute atomic E-state index is 13.1. The second kappa shape index (κ2) is 7.85. The van der Waals surface area contributed by atoms with E-state index in [4.69, 9.17) is 0 Å². The highest BCUT2D eigenvalue weighted by atomic mass is 79.9. The van der Waals surface area contributed by atoms with E-state index in [1.807, 2.05) is 71.4 Å². The van der Waals surface area contributed by atoms with Crippen LogP contribution in [0.4, 0.5) is 5.69 Å². The smallest absolute Gasteiger partial charge is 0.244 e. The standard InChI is InChI=1S/C24H17BrN4O2/c25-16-13-26-29(14-16)22-12-6-3-9-19(22)27-23(30)15-28-20-10-4-1-7-17(20)24(31)18-8-2-5-11-21(18)28/h1-14H,15H2,(H,27,30). The van der Waals surface area contributed by atoms with Crippen molar-refractivity contribution in [3.63, 3.8) is 0 Å². The Morgan fingerprint density at radius 2 is 1.52 bits per heavy atom. The van der Waals surface area contributed by atoms with Crippen LogP contribution < -0.4 is 10.7 Å². The van der Waals surface area contributed by atoms with E-state index in [2.05, 4.69) is 26.3 Å². The maximum Gasteiger partial charge on any atom is 0.244 e. The molecule has 5 rings (SSSR count). The van der Waals surface area contributed by atoms with Gasteiger partial charge in [0.25, 0.3) is 0 Å². The van der Waals surface area contributed by atoms with Crippen LogP contribution in [-0.2, 0) is 11.3 Å². The van der Waals surface area contributed by atoms with Crippen LogP contribution in [0.25, 0.3) is 27.5 Å². The van der Waals surface area contributed by atoms with Crippen LogP contribution in [0.15, 0.2) is 94.5 Å². The average molecular weight is 473 g/mol. The first kappa shape index (κ1) is 19.3. The van der Waals surface area contributed by atoms with Gasteiger partial charge in [-0.2, -0.15) is 5.10 Å². The molecule has 31 heavy (non-hydrogen) atoms. The molecule has 5 aromatic rings. The largest absolute Gasteiger partial charge is 0.331 e. The van der Waals surface area contributed by atoms with Crippen LogP contribution in [0.1, 0.15) is 0 Å². The molecule has 0 unspecified atom stereocenters. The lowest BCUT2D eigenvalue weighted by molar-refractivity contribution is -0.116. The Morgan fingerprint density at radius 1 is 0.903 bits per heavy atom. The van der Waals surface area contributed by atoms with E-state index >= 15 is 0 Å². The molecule has 0 spiro atoms. The summed E-state index contributed by atoms with van der Waals surface area (Å²) in [6, 6.07) is 22.2. The number of halogens is 1. The first-order valence-electron chi connectivity index (χ1n) is 9.71. The number of pyridine rings is 1. The summed E-state index contributed by atoms with van der Waals surface area (Å²) in [5, 5.41) is 8.49. The summed E-state index contributed by atoms with van der Waals surface area (Å²) in [7, 11) is 0. The summed E-state index contributed by atoms with van der Waals surface area (Å²) in [6.45, 7) is 0.0679. The maximum atomic E-state index is 13.1. The van der Waals surface area contributed by atoms with Crippen LogP contribution >= 0.6 is 15.9 Å². The topological polar surface area (TPSA) is 68.9 Å². The van der Waals surface area contributed by atoms with Crippen molar-refractivity contribution in [2.45, 2.75) is 6.54 Å². The molecule has 0 aliphatic heterocycles. The summed E-state index contributed by atoms with van der Waals surface area (Å²) in [5.74, 6) is -0.197. The molecule has 0 atom stereocenters. The Morgan fingerprint density at radius 3 is 2.16 bits per heavy atom. The summed E-state index contributed by atoms with van der Waals surface area (Å²) in [6.07, 6.45) is 3.52. The molecular formula is C24H17BrN4O2. The van der Waals surface area contributed by atoms with Crippen molar-refractivity contribution in [3.05, 3.63) is 99.9 Å². The number of carbonyl (C=O) groups excluding carboxylic acids is 1. The van der Waals surface area contributed by atoms with Crippen LogP contribution in [0.3, 0.4) is 0 Å². The first-order chi connectivity index (χ1) is 15.1. The van der Waals surface area contributed by atoms with Gasteiger partial charge in [-0.05, 0) is 52.3 Å². The number of rotatable bonds is 4. The third kappa shape index (κ3) is 3.53. The van der Waals surface area contributed by atoms with Gasteiger partial charge in [0.1, 0.15) is 6.54 Å². The second-order valence-electron chi connectivity index (χ2n) is 7.12. The fraction of sp³-hybridized carbons (Fsp3) is 0.0417. The Hall–Kier alpha value is -3.71. The lowest BCUT2D eigenvalue weighted by atomic mass is 10.1. The Bertz CT molecular complexity index is 1440. The summed E-state index contributed by atoms with van der Waals surface area (Å²) < 4.78 is 4.43. The van der Waals surface area contributed by atoms with Crippen LogP contribution in [0.5, 0.6) is 0 Å². The number of hydrogen-bond acceptors (Lipinski definition) is 3. The van der Waals surface area contributed by atoms with Gasteiger partial charge in [-0.1, -0.05) is 36.4 Å². The molecule has 1 N–H and O–H groups in total. The summed E-state index contributed by atoms with van der Waals surface area (Å²) >= 11 is 3.40. The van der Waals surface area contributed by atoms with Crippen molar-refractivity contribution in [1.82, 2.24) is 14.3 Å². The molecule has 2 aromatic heterocycles. The van der Waals surface area contributed by atoms with E-state index in [1.54, 1.807) is 23.0 Å². The number of amides is 1. The molecule has 0 saturated carbocycles. The van der Waals surface area contributed by atoms with E-state index in [1.165, 1.54) is 0 Å². The first-order valence-corrected chi connectivity index (χ1v) is 10.5. The number of hydrogen-bond donors (Lipinski definition) is 1. The van der Waals surface area contributed by atoms with E-state index in [-0.39, 0.29) is 17.9 Å². The zero-order valence-electron chi connectivity index (χ0n) is 16.3. The van der Waals surface area contributed by atoms with Crippen LogP contribution in [0.2, 0.25) is 0 Å². The Kier molecular flexibility index (Phi) is 4.88. The van der Waals surface area contributed by atoms with Gasteiger partial charge in [-0.3, -0.25) is 9.59 Å². The molecule has 2 heterocycles. The Balaban J connectivity index is 1.55. The highest BCUT2D eigenvalue weighted by Gasteiger charge is 2.14. The monoisotopic (exact) mass is 472 g/mol. The molecule has 0 radical (unpaired) electrons. The van der Waals surface area contributed by atoms with Crippen molar-refractivity contribution in [2.75, 3.05) is 5.32 Å². The zero-order chi connectivity index (χ0) is 21.4. The second-order valence-corrected chi connectivity index (χ2v) is 8.03. The lowest BCUT2D eigenvalue weighted by Crippen LogP contribution is -2.22. The van der Waals surface area contributed by atoms with Gasteiger partial charge < -0.3 is 9.88 Å². The number of aromatic nitrogens is 3.